The molecule has 1 atom stereocenters. The second kappa shape index (κ2) is 7.33. The quantitative estimate of drug-likeness (QED) is 0.840. The van der Waals surface area contributed by atoms with E-state index in [0.717, 1.165) is 36.3 Å². The molecule has 0 radical (unpaired) electrons. The number of nitrogens with one attached hydrogen (secondary N) is 1. The second-order valence-electron chi connectivity index (χ2n) is 6.42. The summed E-state index contributed by atoms with van der Waals surface area (Å²) >= 11 is 1.43. The maximum absolute atomic E-state index is 12.7. The molecule has 0 spiro atoms. The number of anilines is 1. The lowest BCUT2D eigenvalue weighted by Gasteiger charge is -2.30. The fourth-order valence-electron chi connectivity index (χ4n) is 3.29. The third kappa shape index (κ3) is 3.50. The molecule has 7 nitrogen and oxygen atoms in total. The normalized spacial score (nSPS) is 19.1. The van der Waals surface area contributed by atoms with Crippen LogP contribution in [0.25, 0.3) is 0 Å². The predicted octanol–water partition coefficient (Wildman–Crippen LogP) is 2.43. The number of nitrogens with zero attached hydrogens (tertiary/aromatic N) is 4. The highest BCUT2D eigenvalue weighted by atomic mass is 32.1. The monoisotopic (exact) mass is 369 g/mol. The van der Waals surface area contributed by atoms with Gasteiger partial charge in [0, 0.05) is 36.2 Å². The van der Waals surface area contributed by atoms with Crippen LogP contribution in [-0.2, 0) is 17.8 Å². The predicted molar refractivity (Wildman–Crippen MR) is 97.7 cm³/mol. The molecule has 2 aromatic rings. The Kier molecular flexibility index (Phi) is 4.75. The van der Waals surface area contributed by atoms with Gasteiger partial charge in [-0.15, -0.1) is 0 Å². The van der Waals surface area contributed by atoms with E-state index in [0.29, 0.717) is 18.2 Å². The molecule has 26 heavy (non-hydrogen) atoms. The van der Waals surface area contributed by atoms with Crippen molar-refractivity contribution < 1.29 is 9.59 Å². The summed E-state index contributed by atoms with van der Waals surface area (Å²) < 4.78 is 0. The van der Waals surface area contributed by atoms with E-state index < -0.39 is 0 Å². The standard InChI is InChI=1S/C18H19N5O2S/c24-16(14-10-19-7-8-20-14)22-18-21-13-6-9-23(11-15(13)26-18)17(25)12-4-2-1-3-5-12/h1-2,7-8,10,12H,3-6,9,11H2,(H,21,22,24). The molecule has 0 saturated carbocycles. The molecule has 1 unspecified atom stereocenters. The van der Waals surface area contributed by atoms with Gasteiger partial charge in [-0.05, 0) is 19.3 Å². The molecule has 2 aliphatic rings. The number of carbonyl (C=O) groups excluding carboxylic acids is 2. The Morgan fingerprint density at radius 1 is 1.27 bits per heavy atom. The topological polar surface area (TPSA) is 88.1 Å². The number of hydrogen-bond acceptors (Lipinski definition) is 6. The minimum atomic E-state index is -0.328. The van der Waals surface area contributed by atoms with Crippen LogP contribution in [0.3, 0.4) is 0 Å². The number of amides is 2. The van der Waals surface area contributed by atoms with Gasteiger partial charge < -0.3 is 4.90 Å². The van der Waals surface area contributed by atoms with E-state index in [1.54, 1.807) is 0 Å². The average molecular weight is 369 g/mol. The van der Waals surface area contributed by atoms with Crippen molar-refractivity contribution in [2.75, 3.05) is 11.9 Å². The van der Waals surface area contributed by atoms with Gasteiger partial charge >= 0.3 is 0 Å². The lowest BCUT2D eigenvalue weighted by molar-refractivity contribution is -0.136. The molecule has 3 heterocycles. The summed E-state index contributed by atoms with van der Waals surface area (Å²) in [6, 6.07) is 0. The number of fused-ring (bicyclic) bond motifs is 1. The van der Waals surface area contributed by atoms with E-state index in [1.807, 2.05) is 4.90 Å². The highest BCUT2D eigenvalue weighted by Gasteiger charge is 2.29. The number of carbonyl (C=O) groups is 2. The fourth-order valence-corrected chi connectivity index (χ4v) is 4.31. The van der Waals surface area contributed by atoms with Gasteiger partial charge in [-0.2, -0.15) is 0 Å². The van der Waals surface area contributed by atoms with Crippen LogP contribution >= 0.6 is 11.3 Å². The van der Waals surface area contributed by atoms with E-state index >= 15 is 0 Å². The van der Waals surface area contributed by atoms with E-state index in [2.05, 4.69) is 32.4 Å². The van der Waals surface area contributed by atoms with Crippen molar-refractivity contribution in [1.82, 2.24) is 19.9 Å². The van der Waals surface area contributed by atoms with Crippen LogP contribution in [0.1, 0.15) is 40.3 Å². The minimum Gasteiger partial charge on any atom is -0.337 e. The molecular formula is C18H19N5O2S. The van der Waals surface area contributed by atoms with Crippen molar-refractivity contribution in [3.05, 3.63) is 47.0 Å². The van der Waals surface area contributed by atoms with Gasteiger partial charge in [-0.1, -0.05) is 23.5 Å². The summed E-state index contributed by atoms with van der Waals surface area (Å²) in [6.07, 6.45) is 12.1. The molecule has 0 bridgehead atoms. The maximum atomic E-state index is 12.7. The number of aromatic nitrogens is 3. The molecule has 0 aromatic carbocycles. The zero-order chi connectivity index (χ0) is 17.9. The van der Waals surface area contributed by atoms with Gasteiger partial charge in [0.1, 0.15) is 5.69 Å². The minimum absolute atomic E-state index is 0.102. The van der Waals surface area contributed by atoms with Gasteiger partial charge in [0.25, 0.3) is 5.91 Å². The van der Waals surface area contributed by atoms with Crippen LogP contribution in [0.2, 0.25) is 0 Å². The van der Waals surface area contributed by atoms with Crippen LogP contribution < -0.4 is 5.32 Å². The molecular weight excluding hydrogens is 350 g/mol. The zero-order valence-corrected chi connectivity index (χ0v) is 15.0. The molecule has 8 heteroatoms. The molecule has 4 rings (SSSR count). The Balaban J connectivity index is 1.43. The van der Waals surface area contributed by atoms with Gasteiger partial charge in [0.2, 0.25) is 5.91 Å². The summed E-state index contributed by atoms with van der Waals surface area (Å²) in [4.78, 5) is 40.3. The van der Waals surface area contributed by atoms with Gasteiger partial charge in [0.15, 0.2) is 5.13 Å². The third-order valence-electron chi connectivity index (χ3n) is 4.68. The molecule has 1 aliphatic heterocycles. The summed E-state index contributed by atoms with van der Waals surface area (Å²) in [6.45, 7) is 1.26. The first-order chi connectivity index (χ1) is 12.7. The molecule has 0 saturated heterocycles. The third-order valence-corrected chi connectivity index (χ3v) is 5.68. The first kappa shape index (κ1) is 16.8. The van der Waals surface area contributed by atoms with Crippen LogP contribution in [0, 0.1) is 5.92 Å². The number of hydrogen-bond donors (Lipinski definition) is 1. The van der Waals surface area contributed by atoms with Crippen LogP contribution in [-0.4, -0.2) is 38.2 Å². The molecule has 134 valence electrons. The molecule has 2 aromatic heterocycles. The Bertz CT molecular complexity index is 849. The fraction of sp³-hybridized carbons (Fsp3) is 0.389. The van der Waals surface area contributed by atoms with Crippen molar-refractivity contribution in [3.8, 4) is 0 Å². The number of rotatable bonds is 3. The molecule has 1 aliphatic carbocycles. The summed E-state index contributed by atoms with van der Waals surface area (Å²) in [7, 11) is 0. The summed E-state index contributed by atoms with van der Waals surface area (Å²) in [5, 5.41) is 3.32. The SMILES string of the molecule is O=C(Nc1nc2c(s1)CN(C(=O)C1CC=CCC1)CC2)c1cnccn1. The van der Waals surface area contributed by atoms with E-state index in [-0.39, 0.29) is 23.4 Å². The van der Waals surface area contributed by atoms with Gasteiger partial charge in [-0.3, -0.25) is 19.9 Å². The summed E-state index contributed by atoms with van der Waals surface area (Å²) in [5.74, 6) is 0.00923. The smallest absolute Gasteiger partial charge is 0.277 e. The van der Waals surface area contributed by atoms with Crippen molar-refractivity contribution in [3.63, 3.8) is 0 Å². The molecule has 1 N–H and O–H groups in total. The Morgan fingerprint density at radius 2 is 2.19 bits per heavy atom. The largest absolute Gasteiger partial charge is 0.337 e. The lowest BCUT2D eigenvalue weighted by Crippen LogP contribution is -2.39. The first-order valence-corrected chi connectivity index (χ1v) is 9.52. The Morgan fingerprint density at radius 3 is 2.96 bits per heavy atom. The van der Waals surface area contributed by atoms with Crippen LogP contribution in [0.4, 0.5) is 5.13 Å². The Hall–Kier alpha value is -2.61. The highest BCUT2D eigenvalue weighted by Crippen LogP contribution is 2.30. The first-order valence-electron chi connectivity index (χ1n) is 8.70. The maximum Gasteiger partial charge on any atom is 0.277 e. The van der Waals surface area contributed by atoms with Crippen molar-refractivity contribution >= 4 is 28.3 Å². The van der Waals surface area contributed by atoms with Gasteiger partial charge in [0.05, 0.1) is 18.4 Å². The zero-order valence-electron chi connectivity index (χ0n) is 14.2. The van der Waals surface area contributed by atoms with E-state index in [4.69, 9.17) is 0 Å². The molecule has 0 fully saturated rings. The highest BCUT2D eigenvalue weighted by molar-refractivity contribution is 7.15. The van der Waals surface area contributed by atoms with Crippen LogP contribution in [0.15, 0.2) is 30.7 Å². The van der Waals surface area contributed by atoms with Crippen molar-refractivity contribution in [2.24, 2.45) is 5.92 Å². The Labute approximate surface area is 155 Å². The average Bonchev–Trinajstić information content (AvgIpc) is 3.10. The molecule has 2 amide bonds. The van der Waals surface area contributed by atoms with Crippen molar-refractivity contribution in [2.45, 2.75) is 32.2 Å². The number of thiazole rings is 1. The van der Waals surface area contributed by atoms with Crippen molar-refractivity contribution in [1.29, 1.82) is 0 Å². The van der Waals surface area contributed by atoms with E-state index in [1.165, 1.54) is 29.9 Å². The van der Waals surface area contributed by atoms with Crippen LogP contribution in [0.5, 0.6) is 0 Å². The van der Waals surface area contributed by atoms with E-state index in [9.17, 15) is 9.59 Å². The van der Waals surface area contributed by atoms with Gasteiger partial charge in [-0.25, -0.2) is 9.97 Å². The summed E-state index contributed by atoms with van der Waals surface area (Å²) in [5.41, 5.74) is 1.22. The number of allylic oxidation sites excluding steroid dienone is 2. The second-order valence-corrected chi connectivity index (χ2v) is 7.51. The lowest BCUT2D eigenvalue weighted by atomic mass is 9.92.